The van der Waals surface area contributed by atoms with Gasteiger partial charge < -0.3 is 14.3 Å². The normalized spacial score (nSPS) is 24.4. The molecule has 2 aromatic rings. The Bertz CT molecular complexity index is 672. The number of benzene rings is 1. The third kappa shape index (κ3) is 2.07. The topological polar surface area (TPSA) is 64.6 Å². The summed E-state index contributed by atoms with van der Waals surface area (Å²) in [6, 6.07) is 5.43. The lowest BCUT2D eigenvalue weighted by Crippen LogP contribution is -2.22. The van der Waals surface area contributed by atoms with Gasteiger partial charge in [0.2, 0.25) is 0 Å². The fraction of sp³-hybridized carbons (Fsp3) is 0.533. The van der Waals surface area contributed by atoms with Gasteiger partial charge in [-0.2, -0.15) is 0 Å². The number of nitrogens with zero attached hydrogens (tertiary/aromatic N) is 1. The molecular formula is C15H19NO4. The van der Waals surface area contributed by atoms with Gasteiger partial charge in [0, 0.05) is 19.6 Å². The Hall–Kier alpha value is -1.59. The molecule has 0 spiro atoms. The first-order chi connectivity index (χ1) is 9.61. The Morgan fingerprint density at radius 3 is 3.05 bits per heavy atom. The lowest BCUT2D eigenvalue weighted by molar-refractivity contribution is 0.0308. The lowest BCUT2D eigenvalue weighted by atomic mass is 9.89. The molecule has 1 fully saturated rings. The maximum atomic E-state index is 11.5. The second-order valence-electron chi connectivity index (χ2n) is 5.37. The first-order valence-corrected chi connectivity index (χ1v) is 7.01. The number of hydrogen-bond acceptors (Lipinski definition) is 4. The summed E-state index contributed by atoms with van der Waals surface area (Å²) in [4.78, 5) is 11.5. The third-order valence-corrected chi connectivity index (χ3v) is 4.23. The Labute approximate surface area is 116 Å². The Kier molecular flexibility index (Phi) is 3.40. The summed E-state index contributed by atoms with van der Waals surface area (Å²) in [6.07, 6.45) is 1.27. The van der Waals surface area contributed by atoms with Crippen LogP contribution in [-0.2, 0) is 11.8 Å². The van der Waals surface area contributed by atoms with Crippen molar-refractivity contribution in [3.63, 3.8) is 0 Å². The Morgan fingerprint density at radius 2 is 2.30 bits per heavy atom. The molecule has 0 amide bonds. The number of fused-ring (bicyclic) bond motifs is 1. The van der Waals surface area contributed by atoms with E-state index in [4.69, 9.17) is 9.15 Å². The molecule has 1 saturated heterocycles. The van der Waals surface area contributed by atoms with Crippen LogP contribution in [0.15, 0.2) is 27.4 Å². The van der Waals surface area contributed by atoms with Crippen molar-refractivity contribution in [2.45, 2.75) is 32.0 Å². The van der Waals surface area contributed by atoms with Crippen LogP contribution in [0.25, 0.3) is 11.1 Å². The standard InChI is InChI=1S/C15H19NO4/c1-3-12-10(6-7-19-12)14(17)9-4-5-11-13(8-9)20-15(18)16(11)2/h4-5,8,10,12,14,17H,3,6-7H2,1-2H3. The molecule has 20 heavy (non-hydrogen) atoms. The number of aliphatic hydroxyl groups is 1. The van der Waals surface area contributed by atoms with Gasteiger partial charge >= 0.3 is 5.76 Å². The first-order valence-electron chi connectivity index (χ1n) is 7.01. The quantitative estimate of drug-likeness (QED) is 0.931. The molecule has 2 heterocycles. The molecule has 0 radical (unpaired) electrons. The average molecular weight is 277 g/mol. The molecule has 0 saturated carbocycles. The second-order valence-corrected chi connectivity index (χ2v) is 5.37. The van der Waals surface area contributed by atoms with Gasteiger partial charge in [-0.15, -0.1) is 0 Å². The minimum atomic E-state index is -0.586. The van der Waals surface area contributed by atoms with E-state index in [0.717, 1.165) is 23.9 Å². The first kappa shape index (κ1) is 13.4. The van der Waals surface area contributed by atoms with Crippen molar-refractivity contribution in [3.05, 3.63) is 34.3 Å². The molecule has 3 unspecified atom stereocenters. The van der Waals surface area contributed by atoms with Crippen molar-refractivity contribution in [1.29, 1.82) is 0 Å². The van der Waals surface area contributed by atoms with Gasteiger partial charge in [-0.3, -0.25) is 4.57 Å². The molecule has 0 aliphatic carbocycles. The van der Waals surface area contributed by atoms with Gasteiger partial charge in [0.1, 0.15) is 0 Å². The van der Waals surface area contributed by atoms with E-state index in [1.54, 1.807) is 13.1 Å². The number of aliphatic hydroxyl groups excluding tert-OH is 1. The van der Waals surface area contributed by atoms with Gasteiger partial charge in [0.25, 0.3) is 0 Å². The fourth-order valence-electron chi connectivity index (χ4n) is 3.03. The van der Waals surface area contributed by atoms with Crippen LogP contribution in [0.3, 0.4) is 0 Å². The highest BCUT2D eigenvalue weighted by atomic mass is 16.5. The molecule has 1 aromatic carbocycles. The zero-order valence-corrected chi connectivity index (χ0v) is 11.7. The minimum Gasteiger partial charge on any atom is -0.408 e. The van der Waals surface area contributed by atoms with Crippen LogP contribution in [-0.4, -0.2) is 22.4 Å². The van der Waals surface area contributed by atoms with Crippen molar-refractivity contribution in [3.8, 4) is 0 Å². The van der Waals surface area contributed by atoms with E-state index in [1.807, 2.05) is 12.1 Å². The second kappa shape index (κ2) is 5.07. The van der Waals surface area contributed by atoms with Gasteiger partial charge in [-0.25, -0.2) is 4.79 Å². The highest BCUT2D eigenvalue weighted by molar-refractivity contribution is 5.73. The van der Waals surface area contributed by atoms with Gasteiger partial charge in [0.15, 0.2) is 5.58 Å². The Morgan fingerprint density at radius 1 is 1.50 bits per heavy atom. The molecule has 1 aliphatic heterocycles. The predicted octanol–water partition coefficient (Wildman–Crippen LogP) is 1.98. The summed E-state index contributed by atoms with van der Waals surface area (Å²) in [5, 5.41) is 10.6. The van der Waals surface area contributed by atoms with Gasteiger partial charge in [-0.1, -0.05) is 13.0 Å². The van der Waals surface area contributed by atoms with Crippen LogP contribution in [0, 0.1) is 5.92 Å². The number of aromatic nitrogens is 1. The maximum absolute atomic E-state index is 11.5. The molecule has 3 rings (SSSR count). The molecule has 3 atom stereocenters. The SMILES string of the molecule is CCC1OCCC1C(O)c1ccc2c(c1)oc(=O)n2C. The highest BCUT2D eigenvalue weighted by Gasteiger charge is 2.33. The molecule has 1 aromatic heterocycles. The number of hydrogen-bond donors (Lipinski definition) is 1. The van der Waals surface area contributed by atoms with Crippen LogP contribution in [0.1, 0.15) is 31.4 Å². The van der Waals surface area contributed by atoms with E-state index in [-0.39, 0.29) is 17.8 Å². The van der Waals surface area contributed by atoms with Gasteiger partial charge in [0.05, 0.1) is 17.7 Å². The average Bonchev–Trinajstić information content (AvgIpc) is 3.03. The smallest absolute Gasteiger partial charge is 0.408 e. The van der Waals surface area contributed by atoms with Crippen LogP contribution in [0.2, 0.25) is 0 Å². The Balaban J connectivity index is 1.95. The molecule has 1 N–H and O–H groups in total. The van der Waals surface area contributed by atoms with Crippen LogP contribution >= 0.6 is 0 Å². The van der Waals surface area contributed by atoms with Crippen LogP contribution in [0.5, 0.6) is 0 Å². The molecule has 0 bridgehead atoms. The van der Waals surface area contributed by atoms with Crippen molar-refractivity contribution in [2.75, 3.05) is 6.61 Å². The van der Waals surface area contributed by atoms with Crippen LogP contribution < -0.4 is 5.76 Å². The zero-order chi connectivity index (χ0) is 14.3. The van der Waals surface area contributed by atoms with Crippen molar-refractivity contribution >= 4 is 11.1 Å². The van der Waals surface area contributed by atoms with E-state index in [1.165, 1.54) is 4.57 Å². The summed E-state index contributed by atoms with van der Waals surface area (Å²) in [7, 11) is 1.67. The monoisotopic (exact) mass is 277 g/mol. The van der Waals surface area contributed by atoms with Crippen LogP contribution in [0.4, 0.5) is 0 Å². The molecular weight excluding hydrogens is 258 g/mol. The molecule has 1 aliphatic rings. The maximum Gasteiger partial charge on any atom is 0.419 e. The van der Waals surface area contributed by atoms with E-state index < -0.39 is 6.10 Å². The predicted molar refractivity (Wildman–Crippen MR) is 74.6 cm³/mol. The van der Waals surface area contributed by atoms with E-state index in [2.05, 4.69) is 6.92 Å². The third-order valence-electron chi connectivity index (χ3n) is 4.23. The fourth-order valence-corrected chi connectivity index (χ4v) is 3.03. The summed E-state index contributed by atoms with van der Waals surface area (Å²) in [5.74, 6) is -0.282. The summed E-state index contributed by atoms with van der Waals surface area (Å²) >= 11 is 0. The number of ether oxygens (including phenoxy) is 1. The highest BCUT2D eigenvalue weighted by Crippen LogP contribution is 2.35. The van der Waals surface area contributed by atoms with Crippen molar-refractivity contribution in [1.82, 2.24) is 4.57 Å². The zero-order valence-electron chi connectivity index (χ0n) is 11.7. The van der Waals surface area contributed by atoms with E-state index >= 15 is 0 Å². The van der Waals surface area contributed by atoms with Gasteiger partial charge in [-0.05, 0) is 30.5 Å². The molecule has 5 heteroatoms. The van der Waals surface area contributed by atoms with Crippen molar-refractivity contribution < 1.29 is 14.3 Å². The number of oxazole rings is 1. The minimum absolute atomic E-state index is 0.100. The molecule has 5 nitrogen and oxygen atoms in total. The van der Waals surface area contributed by atoms with E-state index in [9.17, 15) is 9.90 Å². The number of aryl methyl sites for hydroxylation is 1. The summed E-state index contributed by atoms with van der Waals surface area (Å²) in [5.41, 5.74) is 2.03. The lowest BCUT2D eigenvalue weighted by Gasteiger charge is -2.22. The molecule has 108 valence electrons. The summed E-state index contributed by atoms with van der Waals surface area (Å²) < 4.78 is 12.3. The van der Waals surface area contributed by atoms with E-state index in [0.29, 0.717) is 12.2 Å². The number of rotatable bonds is 3. The summed E-state index contributed by atoms with van der Waals surface area (Å²) in [6.45, 7) is 2.76. The van der Waals surface area contributed by atoms with Crippen molar-refractivity contribution in [2.24, 2.45) is 13.0 Å². The largest absolute Gasteiger partial charge is 0.419 e.